The van der Waals surface area contributed by atoms with E-state index in [1.54, 1.807) is 11.6 Å². The molecule has 0 unspecified atom stereocenters. The maximum absolute atomic E-state index is 12.5. The predicted octanol–water partition coefficient (Wildman–Crippen LogP) is 2.35. The predicted molar refractivity (Wildman–Crippen MR) is 98.1 cm³/mol. The number of ether oxygens (including phenoxy) is 1. The molecular weight excluding hydrogens is 348 g/mol. The number of hydrogen-bond acceptors (Lipinski definition) is 5. The summed E-state index contributed by atoms with van der Waals surface area (Å²) in [5.74, 6) is -0.759. The van der Waals surface area contributed by atoms with Gasteiger partial charge in [-0.15, -0.1) is 5.10 Å². The van der Waals surface area contributed by atoms with E-state index in [0.717, 1.165) is 11.4 Å². The zero-order chi connectivity index (χ0) is 19.6. The Labute approximate surface area is 157 Å². The van der Waals surface area contributed by atoms with Crippen molar-refractivity contribution in [2.45, 2.75) is 52.2 Å². The van der Waals surface area contributed by atoms with Gasteiger partial charge >= 0.3 is 5.97 Å². The molecule has 3 rings (SSSR count). The second-order valence-electron chi connectivity index (χ2n) is 7.11. The molecule has 8 nitrogen and oxygen atoms in total. The van der Waals surface area contributed by atoms with Crippen molar-refractivity contribution in [3.05, 3.63) is 35.7 Å². The fourth-order valence-corrected chi connectivity index (χ4v) is 3.31. The van der Waals surface area contributed by atoms with Crippen LogP contribution in [0.2, 0.25) is 0 Å². The number of nitrogens with zero attached hydrogens (tertiary/aromatic N) is 3. The number of amides is 1. The van der Waals surface area contributed by atoms with Crippen LogP contribution in [0.1, 0.15) is 49.3 Å². The third kappa shape index (κ3) is 4.27. The van der Waals surface area contributed by atoms with Crippen LogP contribution in [0, 0.1) is 12.8 Å². The molecule has 1 aliphatic rings. The number of carboxylic acids is 1. The minimum absolute atomic E-state index is 0.0931. The first kappa shape index (κ1) is 18.9. The van der Waals surface area contributed by atoms with Gasteiger partial charge in [-0.2, -0.15) is 0 Å². The third-order valence-corrected chi connectivity index (χ3v) is 4.68. The molecule has 2 aromatic rings. The monoisotopic (exact) mass is 372 g/mol. The Morgan fingerprint density at radius 1 is 1.26 bits per heavy atom. The van der Waals surface area contributed by atoms with E-state index in [1.165, 1.54) is 0 Å². The van der Waals surface area contributed by atoms with Crippen molar-refractivity contribution < 1.29 is 19.4 Å². The average Bonchev–Trinajstić information content (AvgIpc) is 3.22. The largest absolute Gasteiger partial charge is 0.491 e. The Balaban J connectivity index is 1.69. The average molecular weight is 372 g/mol. The van der Waals surface area contributed by atoms with Gasteiger partial charge in [0.05, 0.1) is 23.4 Å². The zero-order valence-electron chi connectivity index (χ0n) is 15.7. The standard InChI is InChI=1S/C19H24N4O4/c1-11(2)27-16-8-6-15(7-9-16)23-12(3)17(21-22-23)18(24)20-14-5-4-13(10-14)19(25)26/h6-9,11,13-14H,4-5,10H2,1-3H3,(H,20,24)(H,25,26)/t13-,14+/m0/s1. The Hall–Kier alpha value is -2.90. The van der Waals surface area contributed by atoms with E-state index >= 15 is 0 Å². The van der Waals surface area contributed by atoms with Crippen LogP contribution in [-0.2, 0) is 4.79 Å². The molecule has 27 heavy (non-hydrogen) atoms. The Morgan fingerprint density at radius 3 is 2.56 bits per heavy atom. The van der Waals surface area contributed by atoms with Crippen molar-refractivity contribution in [3.63, 3.8) is 0 Å². The highest BCUT2D eigenvalue weighted by atomic mass is 16.5. The fourth-order valence-electron chi connectivity index (χ4n) is 3.31. The lowest BCUT2D eigenvalue weighted by atomic mass is 10.1. The maximum Gasteiger partial charge on any atom is 0.306 e. The van der Waals surface area contributed by atoms with E-state index in [4.69, 9.17) is 9.84 Å². The van der Waals surface area contributed by atoms with Gasteiger partial charge < -0.3 is 15.2 Å². The number of nitrogens with one attached hydrogen (secondary N) is 1. The van der Waals surface area contributed by atoms with Crippen molar-refractivity contribution in [1.82, 2.24) is 20.3 Å². The van der Waals surface area contributed by atoms with Gasteiger partial charge in [-0.25, -0.2) is 4.68 Å². The van der Waals surface area contributed by atoms with Crippen LogP contribution in [-0.4, -0.2) is 44.1 Å². The Morgan fingerprint density at radius 2 is 1.96 bits per heavy atom. The molecule has 1 amide bonds. The Bertz CT molecular complexity index is 829. The first-order valence-electron chi connectivity index (χ1n) is 9.08. The van der Waals surface area contributed by atoms with Crippen molar-refractivity contribution >= 4 is 11.9 Å². The van der Waals surface area contributed by atoms with E-state index in [1.807, 2.05) is 38.1 Å². The van der Waals surface area contributed by atoms with Gasteiger partial charge in [-0.05, 0) is 64.3 Å². The van der Waals surface area contributed by atoms with Crippen LogP contribution in [0.4, 0.5) is 0 Å². The lowest BCUT2D eigenvalue weighted by Crippen LogP contribution is -2.34. The van der Waals surface area contributed by atoms with Gasteiger partial charge in [0.2, 0.25) is 0 Å². The molecule has 0 spiro atoms. The number of carbonyl (C=O) groups excluding carboxylic acids is 1. The van der Waals surface area contributed by atoms with Gasteiger partial charge in [0, 0.05) is 6.04 Å². The lowest BCUT2D eigenvalue weighted by Gasteiger charge is -2.12. The summed E-state index contributed by atoms with van der Waals surface area (Å²) in [6.07, 6.45) is 1.78. The lowest BCUT2D eigenvalue weighted by molar-refractivity contribution is -0.141. The molecule has 144 valence electrons. The van der Waals surface area contributed by atoms with Gasteiger partial charge in [0.15, 0.2) is 5.69 Å². The van der Waals surface area contributed by atoms with Gasteiger partial charge in [0.1, 0.15) is 5.75 Å². The second kappa shape index (κ2) is 7.77. The number of carbonyl (C=O) groups is 2. The van der Waals surface area contributed by atoms with Gasteiger partial charge in [0.25, 0.3) is 5.91 Å². The fraction of sp³-hybridized carbons (Fsp3) is 0.474. The van der Waals surface area contributed by atoms with Crippen LogP contribution in [0.3, 0.4) is 0 Å². The molecule has 0 saturated heterocycles. The number of aliphatic carboxylic acids is 1. The summed E-state index contributed by atoms with van der Waals surface area (Å²) in [6.45, 7) is 5.70. The third-order valence-electron chi connectivity index (χ3n) is 4.68. The summed E-state index contributed by atoms with van der Waals surface area (Å²) in [6, 6.07) is 7.27. The van der Waals surface area contributed by atoms with Crippen molar-refractivity contribution in [2.24, 2.45) is 5.92 Å². The molecule has 1 saturated carbocycles. The van der Waals surface area contributed by atoms with Crippen LogP contribution in [0.15, 0.2) is 24.3 Å². The summed E-state index contributed by atoms with van der Waals surface area (Å²) in [7, 11) is 0. The zero-order valence-corrected chi connectivity index (χ0v) is 15.7. The van der Waals surface area contributed by atoms with Gasteiger partial charge in [-0.3, -0.25) is 9.59 Å². The van der Waals surface area contributed by atoms with E-state index in [9.17, 15) is 9.59 Å². The first-order valence-corrected chi connectivity index (χ1v) is 9.08. The molecule has 2 atom stereocenters. The smallest absolute Gasteiger partial charge is 0.306 e. The molecule has 0 radical (unpaired) electrons. The van der Waals surface area contributed by atoms with Gasteiger partial charge in [-0.1, -0.05) is 5.21 Å². The second-order valence-corrected chi connectivity index (χ2v) is 7.11. The maximum atomic E-state index is 12.5. The molecule has 2 N–H and O–H groups in total. The molecule has 8 heteroatoms. The highest BCUT2D eigenvalue weighted by Gasteiger charge is 2.31. The van der Waals surface area contributed by atoms with E-state index in [-0.39, 0.29) is 23.7 Å². The minimum atomic E-state index is -0.807. The normalized spacial score (nSPS) is 19.3. The molecule has 1 aromatic carbocycles. The van der Waals surface area contributed by atoms with Crippen LogP contribution < -0.4 is 10.1 Å². The summed E-state index contributed by atoms with van der Waals surface area (Å²) in [4.78, 5) is 23.6. The highest BCUT2D eigenvalue weighted by molar-refractivity contribution is 5.93. The molecule has 1 heterocycles. The quantitative estimate of drug-likeness (QED) is 0.806. The number of hydrogen-bond donors (Lipinski definition) is 2. The topological polar surface area (TPSA) is 106 Å². The summed E-state index contributed by atoms with van der Waals surface area (Å²) in [5, 5.41) is 20.1. The first-order chi connectivity index (χ1) is 12.8. The van der Waals surface area contributed by atoms with Crippen LogP contribution in [0.25, 0.3) is 5.69 Å². The molecule has 1 aromatic heterocycles. The number of benzene rings is 1. The SMILES string of the molecule is Cc1c(C(=O)N[C@@H]2CC[C@H](C(=O)O)C2)nnn1-c1ccc(OC(C)C)cc1. The molecule has 1 fully saturated rings. The summed E-state index contributed by atoms with van der Waals surface area (Å²) >= 11 is 0. The van der Waals surface area contributed by atoms with Crippen LogP contribution >= 0.6 is 0 Å². The summed E-state index contributed by atoms with van der Waals surface area (Å²) < 4.78 is 7.23. The van der Waals surface area contributed by atoms with E-state index in [2.05, 4.69) is 15.6 Å². The number of aromatic nitrogens is 3. The molecule has 0 aliphatic heterocycles. The number of carboxylic acid groups (broad SMARTS) is 1. The van der Waals surface area contributed by atoms with E-state index in [0.29, 0.717) is 25.0 Å². The van der Waals surface area contributed by atoms with Crippen LogP contribution in [0.5, 0.6) is 5.75 Å². The summed E-state index contributed by atoms with van der Waals surface area (Å²) in [5.41, 5.74) is 1.65. The molecule has 0 bridgehead atoms. The molecular formula is C19H24N4O4. The minimum Gasteiger partial charge on any atom is -0.491 e. The highest BCUT2D eigenvalue weighted by Crippen LogP contribution is 2.26. The number of rotatable bonds is 6. The van der Waals surface area contributed by atoms with Crippen molar-refractivity contribution in [1.29, 1.82) is 0 Å². The Kier molecular flexibility index (Phi) is 5.43. The molecule has 1 aliphatic carbocycles. The van der Waals surface area contributed by atoms with Crippen molar-refractivity contribution in [2.75, 3.05) is 0 Å². The van der Waals surface area contributed by atoms with E-state index < -0.39 is 11.9 Å². The van der Waals surface area contributed by atoms with Crippen molar-refractivity contribution in [3.8, 4) is 11.4 Å².